The maximum absolute atomic E-state index is 13.8. The molecule has 0 aliphatic heterocycles. The number of halogens is 1. The lowest BCUT2D eigenvalue weighted by Crippen LogP contribution is -1.89. The molecular weight excluding hydrogens is 285 g/mol. The molecule has 1 aliphatic carbocycles. The topological polar surface area (TPSA) is 12.9 Å². The minimum Gasteiger partial charge on any atom is -0.260 e. The third-order valence-corrected chi connectivity index (χ3v) is 3.22. The first kappa shape index (κ1) is 21.3. The number of aryl methyl sites for hydroxylation is 1. The summed E-state index contributed by atoms with van der Waals surface area (Å²) in [6, 6.07) is 9.29. The lowest BCUT2D eigenvalue weighted by Gasteiger charge is -2.05. The van der Waals surface area contributed by atoms with E-state index in [1.807, 2.05) is 72.7 Å². The summed E-state index contributed by atoms with van der Waals surface area (Å²) in [7, 11) is 0. The van der Waals surface area contributed by atoms with Crippen LogP contribution < -0.4 is 0 Å². The molecule has 23 heavy (non-hydrogen) atoms. The van der Waals surface area contributed by atoms with Crippen molar-refractivity contribution >= 4 is 0 Å². The summed E-state index contributed by atoms with van der Waals surface area (Å²) in [5, 5.41) is 0. The van der Waals surface area contributed by atoms with Crippen LogP contribution in [0.15, 0.2) is 36.5 Å². The molecule has 1 aromatic heterocycles. The van der Waals surface area contributed by atoms with E-state index in [1.165, 1.54) is 12.8 Å². The van der Waals surface area contributed by atoms with Crippen LogP contribution in [0.5, 0.6) is 0 Å². The third kappa shape index (κ3) is 6.52. The van der Waals surface area contributed by atoms with Gasteiger partial charge in [0.2, 0.25) is 0 Å². The predicted octanol–water partition coefficient (Wildman–Crippen LogP) is 7.15. The highest BCUT2D eigenvalue weighted by molar-refractivity contribution is 5.63. The highest BCUT2D eigenvalue weighted by atomic mass is 19.1. The molecule has 1 heterocycles. The fraction of sp³-hybridized carbons (Fsp3) is 0.476. The van der Waals surface area contributed by atoms with E-state index in [0.29, 0.717) is 11.5 Å². The van der Waals surface area contributed by atoms with E-state index in [4.69, 9.17) is 0 Å². The Morgan fingerprint density at radius 3 is 1.96 bits per heavy atom. The molecule has 0 unspecified atom stereocenters. The Kier molecular flexibility index (Phi) is 10.9. The summed E-state index contributed by atoms with van der Waals surface area (Å²) in [5.74, 6) is 0.470. The van der Waals surface area contributed by atoms with Crippen molar-refractivity contribution in [1.82, 2.24) is 4.98 Å². The van der Waals surface area contributed by atoms with Gasteiger partial charge in [0.15, 0.2) is 0 Å². The van der Waals surface area contributed by atoms with Crippen LogP contribution in [0.4, 0.5) is 4.39 Å². The lowest BCUT2D eigenvalue weighted by atomic mass is 10.0. The smallest absolute Gasteiger partial charge is 0.131 e. The van der Waals surface area contributed by atoms with Crippen molar-refractivity contribution in [2.45, 2.75) is 67.2 Å². The zero-order valence-corrected chi connectivity index (χ0v) is 15.8. The van der Waals surface area contributed by atoms with Crippen LogP contribution >= 0.6 is 0 Å². The molecule has 1 aromatic carbocycles. The number of hydrogen-bond donors (Lipinski definition) is 0. The second kappa shape index (κ2) is 11.8. The molecule has 1 saturated carbocycles. The molecule has 2 aromatic rings. The third-order valence-electron chi connectivity index (χ3n) is 3.22. The van der Waals surface area contributed by atoms with E-state index < -0.39 is 0 Å². The van der Waals surface area contributed by atoms with Crippen molar-refractivity contribution in [1.29, 1.82) is 0 Å². The fourth-order valence-corrected chi connectivity index (χ4v) is 2.04. The lowest BCUT2D eigenvalue weighted by molar-refractivity contribution is 0.630. The van der Waals surface area contributed by atoms with Gasteiger partial charge in [-0.2, -0.15) is 0 Å². The van der Waals surface area contributed by atoms with E-state index in [0.717, 1.165) is 16.8 Å². The van der Waals surface area contributed by atoms with E-state index in [2.05, 4.69) is 4.98 Å². The first-order valence-electron chi connectivity index (χ1n) is 8.96. The molecule has 0 N–H and O–H groups in total. The van der Waals surface area contributed by atoms with Gasteiger partial charge >= 0.3 is 0 Å². The van der Waals surface area contributed by atoms with Crippen molar-refractivity contribution in [2.24, 2.45) is 0 Å². The molecular formula is C21H32FN. The summed E-state index contributed by atoms with van der Waals surface area (Å²) in [4.78, 5) is 4.41. The van der Waals surface area contributed by atoms with E-state index in [1.54, 1.807) is 12.3 Å². The van der Waals surface area contributed by atoms with Crippen LogP contribution in [-0.2, 0) is 0 Å². The predicted molar refractivity (Wildman–Crippen MR) is 100 cm³/mol. The monoisotopic (exact) mass is 317 g/mol. The normalized spacial score (nSPS) is 11.8. The zero-order chi connectivity index (χ0) is 17.8. The Morgan fingerprint density at radius 1 is 0.913 bits per heavy atom. The van der Waals surface area contributed by atoms with Gasteiger partial charge in [-0.3, -0.25) is 4.98 Å². The maximum Gasteiger partial charge on any atom is 0.131 e. The van der Waals surface area contributed by atoms with Crippen LogP contribution in [-0.4, -0.2) is 4.98 Å². The van der Waals surface area contributed by atoms with Gasteiger partial charge in [0, 0.05) is 28.9 Å². The Morgan fingerprint density at radius 2 is 1.52 bits per heavy atom. The number of nitrogens with zero attached hydrogens (tertiary/aromatic N) is 1. The molecule has 0 atom stereocenters. The van der Waals surface area contributed by atoms with Crippen molar-refractivity contribution in [3.8, 4) is 11.1 Å². The van der Waals surface area contributed by atoms with Crippen LogP contribution in [0.3, 0.4) is 0 Å². The van der Waals surface area contributed by atoms with Gasteiger partial charge in [-0.25, -0.2) is 4.39 Å². The molecule has 0 amide bonds. The molecule has 128 valence electrons. The van der Waals surface area contributed by atoms with Gasteiger partial charge in [0.1, 0.15) is 5.82 Å². The van der Waals surface area contributed by atoms with Gasteiger partial charge in [-0.15, -0.1) is 0 Å². The number of aromatic nitrogens is 1. The SMILES string of the molecule is CC.CC.CC.Cc1ccc(-c2ccc(C3CC3)nc2)c(F)c1. The van der Waals surface area contributed by atoms with Gasteiger partial charge in [0.25, 0.3) is 0 Å². The summed E-state index contributed by atoms with van der Waals surface area (Å²) >= 11 is 0. The molecule has 0 spiro atoms. The van der Waals surface area contributed by atoms with Crippen LogP contribution in [0.25, 0.3) is 11.1 Å². The second-order valence-corrected chi connectivity index (χ2v) is 4.73. The minimum atomic E-state index is -0.175. The number of benzene rings is 1. The van der Waals surface area contributed by atoms with E-state index in [-0.39, 0.29) is 5.82 Å². The maximum atomic E-state index is 13.8. The van der Waals surface area contributed by atoms with Crippen molar-refractivity contribution in [2.75, 3.05) is 0 Å². The standard InChI is InChI=1S/C15H14FN.3C2H6/c1-10-2-6-13(14(16)8-10)12-5-7-15(17-9-12)11-3-4-11;3*1-2/h2,5-9,11H,3-4H2,1H3;3*1-2H3. The molecule has 0 bridgehead atoms. The highest BCUT2D eigenvalue weighted by Crippen LogP contribution is 2.39. The molecule has 1 nitrogen and oxygen atoms in total. The van der Waals surface area contributed by atoms with Crippen LogP contribution in [0, 0.1) is 12.7 Å². The quantitative estimate of drug-likeness (QED) is 0.573. The summed E-state index contributed by atoms with van der Waals surface area (Å²) < 4.78 is 13.8. The van der Waals surface area contributed by atoms with E-state index >= 15 is 0 Å². The van der Waals surface area contributed by atoms with Crippen molar-refractivity contribution in [3.05, 3.63) is 53.6 Å². The van der Waals surface area contributed by atoms with Crippen molar-refractivity contribution in [3.63, 3.8) is 0 Å². The Hall–Kier alpha value is -1.70. The average molecular weight is 317 g/mol. The Balaban J connectivity index is 0.000000728. The summed E-state index contributed by atoms with van der Waals surface area (Å²) in [6.07, 6.45) is 4.26. The molecule has 2 heteroatoms. The Bertz CT molecular complexity index is 542. The molecule has 1 fully saturated rings. The summed E-state index contributed by atoms with van der Waals surface area (Å²) in [6.45, 7) is 13.9. The minimum absolute atomic E-state index is 0.175. The van der Waals surface area contributed by atoms with Crippen LogP contribution in [0.1, 0.15) is 71.6 Å². The molecule has 1 aliphatic rings. The second-order valence-electron chi connectivity index (χ2n) is 4.73. The summed E-state index contributed by atoms with van der Waals surface area (Å²) in [5.41, 5.74) is 3.56. The average Bonchev–Trinajstić information content (AvgIpc) is 3.46. The zero-order valence-electron chi connectivity index (χ0n) is 15.8. The molecule has 3 rings (SSSR count). The molecule has 0 radical (unpaired) electrons. The van der Waals surface area contributed by atoms with Crippen molar-refractivity contribution < 1.29 is 4.39 Å². The first-order chi connectivity index (χ1) is 11.2. The van der Waals surface area contributed by atoms with E-state index in [9.17, 15) is 4.39 Å². The Labute approximate surface area is 142 Å². The number of rotatable bonds is 2. The largest absolute Gasteiger partial charge is 0.260 e. The van der Waals surface area contributed by atoms with Gasteiger partial charge in [-0.1, -0.05) is 59.7 Å². The molecule has 0 saturated heterocycles. The first-order valence-corrected chi connectivity index (χ1v) is 8.96. The van der Waals surface area contributed by atoms with Gasteiger partial charge in [0.05, 0.1) is 0 Å². The van der Waals surface area contributed by atoms with Crippen LogP contribution in [0.2, 0.25) is 0 Å². The fourth-order valence-electron chi connectivity index (χ4n) is 2.04. The highest BCUT2D eigenvalue weighted by Gasteiger charge is 2.24. The van der Waals surface area contributed by atoms with Gasteiger partial charge in [-0.05, 0) is 37.5 Å². The number of hydrogen-bond acceptors (Lipinski definition) is 1. The van der Waals surface area contributed by atoms with Gasteiger partial charge < -0.3 is 0 Å². The number of pyridine rings is 1.